The molecule has 2 rings (SSSR count). The number of aromatic nitrogens is 1. The summed E-state index contributed by atoms with van der Waals surface area (Å²) < 4.78 is 0.877. The number of amides is 1. The minimum Gasteiger partial charge on any atom is -0.324 e. The number of pyridine rings is 1. The molecule has 80 valence electrons. The van der Waals surface area contributed by atoms with Crippen LogP contribution in [0.1, 0.15) is 26.2 Å². The predicted octanol–water partition coefficient (Wildman–Crippen LogP) is 2.97. The van der Waals surface area contributed by atoms with E-state index in [1.807, 2.05) is 6.07 Å². The third-order valence-electron chi connectivity index (χ3n) is 2.97. The minimum absolute atomic E-state index is 0.0949. The van der Waals surface area contributed by atoms with Crippen molar-refractivity contribution in [3.8, 4) is 0 Å². The van der Waals surface area contributed by atoms with Crippen molar-refractivity contribution in [1.29, 1.82) is 0 Å². The number of carbonyl (C=O) groups excluding carboxylic acids is 1. The summed E-state index contributed by atoms with van der Waals surface area (Å²) in [5.74, 6) is 0.130. The molecule has 1 amide bonds. The molecule has 1 saturated carbocycles. The molecule has 1 aliphatic rings. The molecule has 1 heterocycles. The standard InChI is InChI=1S/C11H13BrN2O/c1-2-11(3-4-11)10(15)14-9-5-8(12)6-13-7-9/h5-7H,2-4H2,1H3,(H,14,15). The predicted molar refractivity (Wildman–Crippen MR) is 62.5 cm³/mol. The number of hydrogen-bond acceptors (Lipinski definition) is 2. The van der Waals surface area contributed by atoms with Crippen LogP contribution >= 0.6 is 15.9 Å². The van der Waals surface area contributed by atoms with E-state index in [4.69, 9.17) is 0 Å². The molecule has 1 aromatic rings. The Morgan fingerprint density at radius 3 is 2.87 bits per heavy atom. The Bertz CT molecular complexity index is 388. The molecule has 0 atom stereocenters. The first-order valence-corrected chi connectivity index (χ1v) is 5.87. The van der Waals surface area contributed by atoms with Crippen LogP contribution < -0.4 is 5.32 Å². The Hall–Kier alpha value is -0.900. The van der Waals surface area contributed by atoms with Gasteiger partial charge in [0, 0.05) is 16.1 Å². The summed E-state index contributed by atoms with van der Waals surface area (Å²) in [5, 5.41) is 2.90. The van der Waals surface area contributed by atoms with Crippen LogP contribution in [-0.2, 0) is 4.79 Å². The fourth-order valence-corrected chi connectivity index (χ4v) is 2.00. The zero-order valence-corrected chi connectivity index (χ0v) is 10.2. The van der Waals surface area contributed by atoms with E-state index >= 15 is 0 Å². The Kier molecular flexibility index (Phi) is 2.78. The highest BCUT2D eigenvalue weighted by Gasteiger charge is 2.47. The zero-order chi connectivity index (χ0) is 10.9. The second kappa shape index (κ2) is 3.93. The lowest BCUT2D eigenvalue weighted by Gasteiger charge is -2.12. The Labute approximate surface area is 97.4 Å². The van der Waals surface area contributed by atoms with Gasteiger partial charge in [-0.25, -0.2) is 0 Å². The monoisotopic (exact) mass is 268 g/mol. The maximum atomic E-state index is 11.9. The van der Waals surface area contributed by atoms with Gasteiger partial charge >= 0.3 is 0 Å². The zero-order valence-electron chi connectivity index (χ0n) is 8.59. The molecule has 0 bridgehead atoms. The molecule has 1 N–H and O–H groups in total. The van der Waals surface area contributed by atoms with Crippen LogP contribution in [0.4, 0.5) is 5.69 Å². The van der Waals surface area contributed by atoms with Crippen molar-refractivity contribution in [2.45, 2.75) is 26.2 Å². The van der Waals surface area contributed by atoms with Crippen LogP contribution in [0.3, 0.4) is 0 Å². The lowest BCUT2D eigenvalue weighted by atomic mass is 10.0. The van der Waals surface area contributed by atoms with Crippen molar-refractivity contribution in [2.75, 3.05) is 5.32 Å². The molecular weight excluding hydrogens is 256 g/mol. The van der Waals surface area contributed by atoms with Gasteiger partial charge in [-0.1, -0.05) is 6.92 Å². The van der Waals surface area contributed by atoms with Crippen LogP contribution in [0.15, 0.2) is 22.9 Å². The molecule has 15 heavy (non-hydrogen) atoms. The Morgan fingerprint density at radius 2 is 2.33 bits per heavy atom. The van der Waals surface area contributed by atoms with Gasteiger partial charge in [-0.2, -0.15) is 0 Å². The molecule has 1 aromatic heterocycles. The van der Waals surface area contributed by atoms with Gasteiger partial charge in [-0.15, -0.1) is 0 Å². The Morgan fingerprint density at radius 1 is 1.60 bits per heavy atom. The van der Waals surface area contributed by atoms with E-state index in [2.05, 4.69) is 33.2 Å². The molecule has 0 spiro atoms. The topological polar surface area (TPSA) is 42.0 Å². The molecule has 0 radical (unpaired) electrons. The van der Waals surface area contributed by atoms with Gasteiger partial charge in [0.15, 0.2) is 0 Å². The number of nitrogens with one attached hydrogen (secondary N) is 1. The van der Waals surface area contributed by atoms with E-state index in [0.29, 0.717) is 0 Å². The van der Waals surface area contributed by atoms with Gasteiger partial charge < -0.3 is 5.32 Å². The van der Waals surface area contributed by atoms with Gasteiger partial charge in [0.25, 0.3) is 0 Å². The fourth-order valence-electron chi connectivity index (χ4n) is 1.64. The van der Waals surface area contributed by atoms with Gasteiger partial charge in [0.2, 0.25) is 5.91 Å². The smallest absolute Gasteiger partial charge is 0.230 e. The highest BCUT2D eigenvalue weighted by molar-refractivity contribution is 9.10. The molecule has 0 unspecified atom stereocenters. The number of hydrogen-bond donors (Lipinski definition) is 1. The van der Waals surface area contributed by atoms with Gasteiger partial charge in [0.05, 0.1) is 11.9 Å². The van der Waals surface area contributed by atoms with E-state index in [1.165, 1.54) is 0 Å². The number of halogens is 1. The molecule has 4 heteroatoms. The minimum atomic E-state index is -0.0949. The van der Waals surface area contributed by atoms with E-state index in [0.717, 1.165) is 29.4 Å². The largest absolute Gasteiger partial charge is 0.324 e. The molecule has 0 saturated heterocycles. The van der Waals surface area contributed by atoms with E-state index in [1.54, 1.807) is 12.4 Å². The lowest BCUT2D eigenvalue weighted by molar-refractivity contribution is -0.121. The van der Waals surface area contributed by atoms with Crippen molar-refractivity contribution in [1.82, 2.24) is 4.98 Å². The highest BCUT2D eigenvalue weighted by Crippen LogP contribution is 2.49. The van der Waals surface area contributed by atoms with E-state index < -0.39 is 0 Å². The maximum absolute atomic E-state index is 11.9. The molecule has 1 fully saturated rings. The summed E-state index contributed by atoms with van der Waals surface area (Å²) in [6, 6.07) is 1.86. The average Bonchev–Trinajstić information content (AvgIpc) is 2.98. The summed E-state index contributed by atoms with van der Waals surface area (Å²) in [6.07, 6.45) is 6.30. The first-order chi connectivity index (χ1) is 7.16. The molecule has 0 aliphatic heterocycles. The first kappa shape index (κ1) is 10.6. The highest BCUT2D eigenvalue weighted by atomic mass is 79.9. The number of carbonyl (C=O) groups is 1. The average molecular weight is 269 g/mol. The normalized spacial score (nSPS) is 17.2. The van der Waals surface area contributed by atoms with Crippen LogP contribution in [0.25, 0.3) is 0 Å². The Balaban J connectivity index is 2.06. The second-order valence-corrected chi connectivity index (χ2v) is 4.90. The second-order valence-electron chi connectivity index (χ2n) is 3.98. The van der Waals surface area contributed by atoms with Crippen molar-refractivity contribution in [3.05, 3.63) is 22.9 Å². The molecular formula is C11H13BrN2O. The summed E-state index contributed by atoms with van der Waals surface area (Å²) in [5.41, 5.74) is 0.664. The van der Waals surface area contributed by atoms with Gasteiger partial charge in [0.1, 0.15) is 0 Å². The number of anilines is 1. The van der Waals surface area contributed by atoms with Crippen molar-refractivity contribution < 1.29 is 4.79 Å². The first-order valence-electron chi connectivity index (χ1n) is 5.08. The van der Waals surface area contributed by atoms with Crippen LogP contribution in [0.5, 0.6) is 0 Å². The van der Waals surface area contributed by atoms with Crippen molar-refractivity contribution in [3.63, 3.8) is 0 Å². The van der Waals surface area contributed by atoms with Crippen LogP contribution in [0.2, 0.25) is 0 Å². The van der Waals surface area contributed by atoms with Crippen molar-refractivity contribution in [2.24, 2.45) is 5.41 Å². The van der Waals surface area contributed by atoms with Crippen LogP contribution in [0, 0.1) is 5.41 Å². The van der Waals surface area contributed by atoms with E-state index in [-0.39, 0.29) is 11.3 Å². The third kappa shape index (κ3) is 2.20. The van der Waals surface area contributed by atoms with Crippen molar-refractivity contribution >= 4 is 27.5 Å². The maximum Gasteiger partial charge on any atom is 0.230 e. The number of nitrogens with zero attached hydrogens (tertiary/aromatic N) is 1. The molecule has 3 nitrogen and oxygen atoms in total. The van der Waals surface area contributed by atoms with Gasteiger partial charge in [-0.3, -0.25) is 9.78 Å². The third-order valence-corrected chi connectivity index (χ3v) is 3.41. The fraction of sp³-hybridized carbons (Fsp3) is 0.455. The molecule has 1 aliphatic carbocycles. The number of rotatable bonds is 3. The lowest BCUT2D eigenvalue weighted by Crippen LogP contribution is -2.23. The summed E-state index contributed by atoms with van der Waals surface area (Å²) >= 11 is 3.32. The van der Waals surface area contributed by atoms with Gasteiger partial charge in [-0.05, 0) is 41.3 Å². The summed E-state index contributed by atoms with van der Waals surface area (Å²) in [4.78, 5) is 15.9. The summed E-state index contributed by atoms with van der Waals surface area (Å²) in [6.45, 7) is 2.06. The van der Waals surface area contributed by atoms with E-state index in [9.17, 15) is 4.79 Å². The quantitative estimate of drug-likeness (QED) is 0.916. The van der Waals surface area contributed by atoms with Crippen LogP contribution in [-0.4, -0.2) is 10.9 Å². The molecule has 0 aromatic carbocycles. The SMILES string of the molecule is CCC1(C(=O)Nc2cncc(Br)c2)CC1. The summed E-state index contributed by atoms with van der Waals surface area (Å²) in [7, 11) is 0.